The minimum Gasteiger partial charge on any atom is -0.343 e. The third kappa shape index (κ3) is 1.34. The van der Waals surface area contributed by atoms with Crippen LogP contribution >= 0.6 is 0 Å². The highest BCUT2D eigenvalue weighted by Crippen LogP contribution is 2.39. The van der Waals surface area contributed by atoms with Crippen molar-refractivity contribution in [3.05, 3.63) is 0 Å². The number of nitrogens with one attached hydrogen (secondary N) is 1. The lowest BCUT2D eigenvalue weighted by molar-refractivity contribution is -0.127. The molecule has 1 N–H and O–H groups in total. The summed E-state index contributed by atoms with van der Waals surface area (Å²) in [7, 11) is 0. The third-order valence-corrected chi connectivity index (χ3v) is 3.52. The van der Waals surface area contributed by atoms with E-state index in [-0.39, 0.29) is 11.7 Å². The minimum absolute atomic E-state index is 0.0815. The van der Waals surface area contributed by atoms with Crippen LogP contribution in [0.15, 0.2) is 0 Å². The van der Waals surface area contributed by atoms with Gasteiger partial charge in [0.25, 0.3) is 0 Å². The van der Waals surface area contributed by atoms with Gasteiger partial charge < -0.3 is 10.1 Å². The van der Waals surface area contributed by atoms with Gasteiger partial charge in [0.15, 0.2) is 0 Å². The molecule has 1 aliphatic carbocycles. The first-order valence-electron chi connectivity index (χ1n) is 5.25. The smallest absolute Gasteiger partial charge is 0.208 e. The van der Waals surface area contributed by atoms with Gasteiger partial charge in [-0.3, -0.25) is 9.69 Å². The van der Waals surface area contributed by atoms with Gasteiger partial charge in [-0.15, -0.1) is 0 Å². The van der Waals surface area contributed by atoms with Gasteiger partial charge in [-0.1, -0.05) is 0 Å². The number of nitrogens with zero attached hydrogens (tertiary/aromatic N) is 1. The molecule has 1 amide bonds. The Morgan fingerprint density at radius 1 is 1.29 bits per heavy atom. The second-order valence-electron chi connectivity index (χ2n) is 4.21. The number of hydrogen-bond donors (Lipinski definition) is 1. The molecule has 14 heavy (non-hydrogen) atoms. The molecule has 0 radical (unpaired) electrons. The van der Waals surface area contributed by atoms with Crippen LogP contribution in [0.3, 0.4) is 0 Å². The highest BCUT2D eigenvalue weighted by Gasteiger charge is 2.46. The summed E-state index contributed by atoms with van der Waals surface area (Å²) in [6, 6.07) is 0. The molecule has 2 fully saturated rings. The topological polar surface area (TPSA) is 49.4 Å². The van der Waals surface area contributed by atoms with Crippen LogP contribution in [-0.4, -0.2) is 35.8 Å². The lowest BCUT2D eigenvalue weighted by Crippen LogP contribution is -2.59. The Morgan fingerprint density at radius 3 is 2.57 bits per heavy atom. The molecule has 0 aromatic carbocycles. The fourth-order valence-corrected chi connectivity index (χ4v) is 2.56. The molecule has 0 spiro atoms. The Labute approximate surface area is 83.6 Å². The summed E-state index contributed by atoms with van der Waals surface area (Å²) >= 11 is 0. The van der Waals surface area contributed by atoms with Crippen LogP contribution in [-0.2, 0) is 9.59 Å². The Kier molecular flexibility index (Phi) is 2.54. The Morgan fingerprint density at radius 2 is 2.07 bits per heavy atom. The summed E-state index contributed by atoms with van der Waals surface area (Å²) in [4.78, 5) is 23.7. The average Bonchev–Trinajstić information content (AvgIpc) is 2.54. The molecule has 4 nitrogen and oxygen atoms in total. The van der Waals surface area contributed by atoms with E-state index in [4.69, 9.17) is 0 Å². The number of hydrogen-bond acceptors (Lipinski definition) is 3. The second kappa shape index (κ2) is 3.69. The van der Waals surface area contributed by atoms with Crippen molar-refractivity contribution in [2.24, 2.45) is 0 Å². The highest BCUT2D eigenvalue weighted by molar-refractivity contribution is 5.66. The molecule has 1 unspecified atom stereocenters. The summed E-state index contributed by atoms with van der Waals surface area (Å²) in [5.74, 6) is 0. The van der Waals surface area contributed by atoms with Gasteiger partial charge in [0.1, 0.15) is 6.29 Å². The van der Waals surface area contributed by atoms with E-state index in [1.807, 2.05) is 0 Å². The molecule has 4 heteroatoms. The normalized spacial score (nSPS) is 30.7. The van der Waals surface area contributed by atoms with Gasteiger partial charge in [-0.05, 0) is 32.1 Å². The maximum atomic E-state index is 11.1. The van der Waals surface area contributed by atoms with Crippen LogP contribution in [0.1, 0.15) is 32.1 Å². The van der Waals surface area contributed by atoms with E-state index in [0.717, 1.165) is 51.3 Å². The molecule has 1 saturated carbocycles. The maximum Gasteiger partial charge on any atom is 0.208 e. The standard InChI is InChI=1S/C10H16N2O2/c13-7-10(4-2-5-10)12-6-1-3-9(12)11-8-14/h7-9H,1-6H2,(H,11,14). The number of rotatable bonds is 4. The van der Waals surface area contributed by atoms with Crippen LogP contribution in [0, 0.1) is 0 Å². The van der Waals surface area contributed by atoms with Crippen molar-refractivity contribution in [3.63, 3.8) is 0 Å². The predicted octanol–water partition coefficient (Wildman–Crippen LogP) is 0.276. The Bertz CT molecular complexity index is 238. The number of amides is 1. The van der Waals surface area contributed by atoms with E-state index in [9.17, 15) is 9.59 Å². The summed E-state index contributed by atoms with van der Waals surface area (Å²) in [5, 5.41) is 2.79. The monoisotopic (exact) mass is 196 g/mol. The van der Waals surface area contributed by atoms with Crippen LogP contribution in [0.2, 0.25) is 0 Å². The summed E-state index contributed by atoms with van der Waals surface area (Å²) in [6.07, 6.45) is 6.96. The van der Waals surface area contributed by atoms with E-state index in [1.54, 1.807) is 0 Å². The highest BCUT2D eigenvalue weighted by atomic mass is 16.1. The fourth-order valence-electron chi connectivity index (χ4n) is 2.56. The molecule has 0 bridgehead atoms. The molecular formula is C10H16N2O2. The third-order valence-electron chi connectivity index (χ3n) is 3.52. The SMILES string of the molecule is O=CNC1CCCN1C1(C=O)CCC1. The number of carbonyl (C=O) groups is 2. The molecule has 1 heterocycles. The minimum atomic E-state index is -0.253. The molecule has 1 saturated heterocycles. The van der Waals surface area contributed by atoms with E-state index in [1.165, 1.54) is 0 Å². The van der Waals surface area contributed by atoms with Gasteiger partial charge >= 0.3 is 0 Å². The van der Waals surface area contributed by atoms with Crippen LogP contribution in [0.5, 0.6) is 0 Å². The first-order valence-corrected chi connectivity index (χ1v) is 5.25. The van der Waals surface area contributed by atoms with Crippen LogP contribution in [0.25, 0.3) is 0 Å². The van der Waals surface area contributed by atoms with Crippen molar-refractivity contribution < 1.29 is 9.59 Å². The van der Waals surface area contributed by atoms with Gasteiger partial charge in [0.05, 0.1) is 11.7 Å². The fraction of sp³-hybridized carbons (Fsp3) is 0.800. The van der Waals surface area contributed by atoms with Crippen LogP contribution < -0.4 is 5.32 Å². The van der Waals surface area contributed by atoms with Crippen molar-refractivity contribution >= 4 is 12.7 Å². The zero-order valence-electron chi connectivity index (χ0n) is 8.24. The van der Waals surface area contributed by atoms with Crippen molar-refractivity contribution in [3.8, 4) is 0 Å². The summed E-state index contributed by atoms with van der Waals surface area (Å²) in [6.45, 7) is 0.935. The number of aldehydes is 1. The van der Waals surface area contributed by atoms with Crippen molar-refractivity contribution in [1.82, 2.24) is 10.2 Å². The Hall–Kier alpha value is -0.900. The first-order chi connectivity index (χ1) is 6.82. The van der Waals surface area contributed by atoms with Gasteiger partial charge in [-0.2, -0.15) is 0 Å². The van der Waals surface area contributed by atoms with Crippen molar-refractivity contribution in [1.29, 1.82) is 0 Å². The van der Waals surface area contributed by atoms with E-state index in [2.05, 4.69) is 10.2 Å². The molecule has 2 aliphatic rings. The van der Waals surface area contributed by atoms with Crippen molar-refractivity contribution in [2.45, 2.75) is 43.8 Å². The summed E-state index contributed by atoms with van der Waals surface area (Å²) in [5.41, 5.74) is -0.253. The van der Waals surface area contributed by atoms with Gasteiger partial charge in [0.2, 0.25) is 6.41 Å². The Balaban J connectivity index is 2.07. The number of carbonyl (C=O) groups excluding carboxylic acids is 2. The molecule has 1 atom stereocenters. The number of likely N-dealkylation sites (tertiary alicyclic amines) is 1. The maximum absolute atomic E-state index is 11.1. The first kappa shape index (κ1) is 9.65. The van der Waals surface area contributed by atoms with Crippen LogP contribution in [0.4, 0.5) is 0 Å². The molecule has 2 rings (SSSR count). The molecular weight excluding hydrogens is 180 g/mol. The second-order valence-corrected chi connectivity index (χ2v) is 4.21. The van der Waals surface area contributed by atoms with Gasteiger partial charge in [-0.25, -0.2) is 0 Å². The van der Waals surface area contributed by atoms with Gasteiger partial charge in [0, 0.05) is 6.54 Å². The van der Waals surface area contributed by atoms with E-state index >= 15 is 0 Å². The lowest BCUT2D eigenvalue weighted by Gasteiger charge is -2.46. The molecule has 0 aromatic heterocycles. The van der Waals surface area contributed by atoms with E-state index in [0.29, 0.717) is 0 Å². The lowest BCUT2D eigenvalue weighted by atomic mass is 9.76. The average molecular weight is 196 g/mol. The predicted molar refractivity (Wildman–Crippen MR) is 51.6 cm³/mol. The zero-order valence-corrected chi connectivity index (χ0v) is 8.24. The largest absolute Gasteiger partial charge is 0.343 e. The molecule has 78 valence electrons. The van der Waals surface area contributed by atoms with Crippen molar-refractivity contribution in [2.75, 3.05) is 6.54 Å². The summed E-state index contributed by atoms with van der Waals surface area (Å²) < 4.78 is 0. The zero-order chi connectivity index (χ0) is 10.0. The molecule has 1 aliphatic heterocycles. The quantitative estimate of drug-likeness (QED) is 0.657. The molecule has 0 aromatic rings. The van der Waals surface area contributed by atoms with E-state index < -0.39 is 0 Å².